The van der Waals surface area contributed by atoms with E-state index in [9.17, 15) is 4.79 Å². The van der Waals surface area contributed by atoms with Gasteiger partial charge in [-0.2, -0.15) is 0 Å². The highest BCUT2D eigenvalue weighted by Gasteiger charge is 2.48. The van der Waals surface area contributed by atoms with Crippen molar-refractivity contribution in [3.05, 3.63) is 23.8 Å². The second kappa shape index (κ2) is 7.62. The lowest BCUT2D eigenvalue weighted by molar-refractivity contribution is -0.138. The van der Waals surface area contributed by atoms with Crippen molar-refractivity contribution in [2.45, 2.75) is 38.3 Å². The lowest BCUT2D eigenvalue weighted by Crippen LogP contribution is -2.59. The predicted molar refractivity (Wildman–Crippen MR) is 94.7 cm³/mol. The fourth-order valence-corrected chi connectivity index (χ4v) is 4.44. The molecule has 1 aromatic rings. The first-order chi connectivity index (χ1) is 12.1. The maximum atomic E-state index is 12.4. The number of methoxy groups -OCH3 is 2. The largest absolute Gasteiger partial charge is 0.497 e. The second-order valence-electron chi connectivity index (χ2n) is 7.03. The van der Waals surface area contributed by atoms with Crippen LogP contribution in [0, 0.1) is 5.41 Å². The zero-order valence-corrected chi connectivity index (χ0v) is 15.1. The highest BCUT2D eigenvalue weighted by molar-refractivity contribution is 5.81. The third kappa shape index (κ3) is 3.60. The van der Waals surface area contributed by atoms with Crippen LogP contribution in [0.15, 0.2) is 18.2 Å². The second-order valence-corrected chi connectivity index (χ2v) is 7.03. The van der Waals surface area contributed by atoms with E-state index in [1.54, 1.807) is 14.2 Å². The highest BCUT2D eigenvalue weighted by atomic mass is 16.5. The number of hydrogen-bond acceptors (Lipinski definition) is 5. The Morgan fingerprint density at radius 1 is 1.28 bits per heavy atom. The number of benzene rings is 1. The molecule has 0 radical (unpaired) electrons. The van der Waals surface area contributed by atoms with E-state index in [0.29, 0.717) is 19.8 Å². The van der Waals surface area contributed by atoms with Crippen molar-refractivity contribution < 1.29 is 19.0 Å². The molecule has 0 aromatic heterocycles. The molecule has 0 saturated carbocycles. The number of piperidine rings is 1. The van der Waals surface area contributed by atoms with E-state index in [0.717, 1.165) is 49.3 Å². The Balaban J connectivity index is 1.86. The van der Waals surface area contributed by atoms with E-state index >= 15 is 0 Å². The summed E-state index contributed by atoms with van der Waals surface area (Å²) < 4.78 is 16.3. The molecular formula is C19H28N2O4. The number of nitrogens with zero attached hydrogens (tertiary/aromatic N) is 1. The van der Waals surface area contributed by atoms with E-state index in [2.05, 4.69) is 4.90 Å². The van der Waals surface area contributed by atoms with E-state index in [4.69, 9.17) is 19.9 Å². The number of primary amides is 1. The fraction of sp³-hybridized carbons (Fsp3) is 0.632. The Morgan fingerprint density at radius 3 is 2.68 bits per heavy atom. The van der Waals surface area contributed by atoms with E-state index in [1.165, 1.54) is 0 Å². The molecule has 3 rings (SSSR count). The Morgan fingerprint density at radius 2 is 2.04 bits per heavy atom. The molecule has 2 heterocycles. The Bertz CT molecular complexity index is 608. The summed E-state index contributed by atoms with van der Waals surface area (Å²) in [4.78, 5) is 14.6. The van der Waals surface area contributed by atoms with Crippen molar-refractivity contribution in [1.82, 2.24) is 4.90 Å². The topological polar surface area (TPSA) is 74.0 Å². The minimum atomic E-state index is -0.253. The molecule has 2 aliphatic heterocycles. The van der Waals surface area contributed by atoms with E-state index in [1.807, 2.05) is 18.2 Å². The molecule has 2 fully saturated rings. The van der Waals surface area contributed by atoms with Gasteiger partial charge < -0.3 is 19.9 Å². The van der Waals surface area contributed by atoms with E-state index < -0.39 is 0 Å². The molecule has 0 aliphatic carbocycles. The molecule has 1 amide bonds. The maximum Gasteiger partial charge on any atom is 0.235 e. The molecule has 2 aliphatic rings. The van der Waals surface area contributed by atoms with Gasteiger partial charge in [0.25, 0.3) is 0 Å². The first-order valence-corrected chi connectivity index (χ1v) is 8.92. The van der Waals surface area contributed by atoms with Crippen LogP contribution in [0.25, 0.3) is 0 Å². The van der Waals surface area contributed by atoms with Crippen molar-refractivity contribution in [2.24, 2.45) is 11.1 Å². The van der Waals surface area contributed by atoms with Gasteiger partial charge in [0.15, 0.2) is 0 Å². The van der Waals surface area contributed by atoms with Crippen molar-refractivity contribution in [3.8, 4) is 11.5 Å². The molecule has 138 valence electrons. The molecular weight excluding hydrogens is 320 g/mol. The van der Waals surface area contributed by atoms with Crippen LogP contribution < -0.4 is 15.2 Å². The molecule has 6 nitrogen and oxygen atoms in total. The molecule has 1 spiro atoms. The summed E-state index contributed by atoms with van der Waals surface area (Å²) >= 11 is 0. The van der Waals surface area contributed by atoms with Crippen LogP contribution in [-0.4, -0.2) is 50.8 Å². The van der Waals surface area contributed by atoms with Crippen LogP contribution in [0.3, 0.4) is 0 Å². The number of hydrogen-bond donors (Lipinski definition) is 1. The van der Waals surface area contributed by atoms with Gasteiger partial charge in [-0.25, -0.2) is 0 Å². The third-order valence-corrected chi connectivity index (χ3v) is 5.69. The minimum Gasteiger partial charge on any atom is -0.497 e. The molecule has 25 heavy (non-hydrogen) atoms. The molecule has 0 bridgehead atoms. The van der Waals surface area contributed by atoms with Crippen LogP contribution in [0.5, 0.6) is 11.5 Å². The van der Waals surface area contributed by atoms with Gasteiger partial charge in [-0.1, -0.05) is 6.07 Å². The number of ether oxygens (including phenoxy) is 3. The van der Waals surface area contributed by atoms with Gasteiger partial charge in [0.1, 0.15) is 11.5 Å². The number of carbonyl (C=O) groups excluding carboxylic acids is 1. The van der Waals surface area contributed by atoms with E-state index in [-0.39, 0.29) is 17.4 Å². The molecule has 1 atom stereocenters. The molecule has 1 unspecified atom stereocenters. The monoisotopic (exact) mass is 348 g/mol. The molecule has 2 saturated heterocycles. The SMILES string of the molecule is COc1ccc(CN2CCCC3(CCOCC3)C2C(N)=O)c(OC)c1. The number of carbonyl (C=O) groups is 1. The summed E-state index contributed by atoms with van der Waals surface area (Å²) in [6, 6.07) is 5.55. The number of likely N-dealkylation sites (tertiary alicyclic amines) is 1. The summed E-state index contributed by atoms with van der Waals surface area (Å²) in [7, 11) is 3.29. The van der Waals surface area contributed by atoms with Crippen LogP contribution in [0.2, 0.25) is 0 Å². The Hall–Kier alpha value is -1.79. The third-order valence-electron chi connectivity index (χ3n) is 5.69. The minimum absolute atomic E-state index is 0.0535. The van der Waals surface area contributed by atoms with Crippen LogP contribution in [0.1, 0.15) is 31.2 Å². The first-order valence-electron chi connectivity index (χ1n) is 8.92. The van der Waals surface area contributed by atoms with Crippen LogP contribution >= 0.6 is 0 Å². The number of amides is 1. The summed E-state index contributed by atoms with van der Waals surface area (Å²) in [5.74, 6) is 1.30. The standard InChI is InChI=1S/C19H28N2O4/c1-23-15-5-4-14(16(12-15)24-2)13-21-9-3-6-19(17(21)18(20)22)7-10-25-11-8-19/h4-5,12,17H,3,6-11,13H2,1-2H3,(H2,20,22). The lowest BCUT2D eigenvalue weighted by Gasteiger charge is -2.50. The molecule has 1 aromatic carbocycles. The summed E-state index contributed by atoms with van der Waals surface area (Å²) in [5.41, 5.74) is 6.85. The average molecular weight is 348 g/mol. The summed E-state index contributed by atoms with van der Waals surface area (Å²) in [5, 5.41) is 0. The normalized spacial score (nSPS) is 23.4. The number of rotatable bonds is 5. The predicted octanol–water partition coefficient (Wildman–Crippen LogP) is 1.95. The average Bonchev–Trinajstić information content (AvgIpc) is 2.62. The first kappa shape index (κ1) is 18.0. The van der Waals surface area contributed by atoms with Gasteiger partial charge in [-0.3, -0.25) is 9.69 Å². The highest BCUT2D eigenvalue weighted by Crippen LogP contribution is 2.44. The lowest BCUT2D eigenvalue weighted by atomic mass is 9.67. The zero-order valence-electron chi connectivity index (χ0n) is 15.1. The Labute approximate surface area is 149 Å². The van der Waals surface area contributed by atoms with Gasteiger partial charge in [-0.15, -0.1) is 0 Å². The van der Waals surface area contributed by atoms with Gasteiger partial charge in [0.05, 0.1) is 20.3 Å². The fourth-order valence-electron chi connectivity index (χ4n) is 4.44. The maximum absolute atomic E-state index is 12.4. The van der Waals surface area contributed by atoms with Gasteiger partial charge in [-0.05, 0) is 43.7 Å². The quantitative estimate of drug-likeness (QED) is 0.880. The van der Waals surface area contributed by atoms with Crippen LogP contribution in [-0.2, 0) is 16.1 Å². The smallest absolute Gasteiger partial charge is 0.235 e. The van der Waals surface area contributed by atoms with Gasteiger partial charge in [0, 0.05) is 31.4 Å². The van der Waals surface area contributed by atoms with Crippen molar-refractivity contribution in [3.63, 3.8) is 0 Å². The van der Waals surface area contributed by atoms with Crippen LogP contribution in [0.4, 0.5) is 0 Å². The summed E-state index contributed by atoms with van der Waals surface area (Å²) in [6.45, 7) is 2.93. The summed E-state index contributed by atoms with van der Waals surface area (Å²) in [6.07, 6.45) is 3.91. The van der Waals surface area contributed by atoms with Crippen molar-refractivity contribution in [1.29, 1.82) is 0 Å². The van der Waals surface area contributed by atoms with Crippen molar-refractivity contribution in [2.75, 3.05) is 34.0 Å². The van der Waals surface area contributed by atoms with Gasteiger partial charge >= 0.3 is 0 Å². The number of nitrogens with two attached hydrogens (primary N) is 1. The van der Waals surface area contributed by atoms with Crippen molar-refractivity contribution >= 4 is 5.91 Å². The zero-order chi connectivity index (χ0) is 17.9. The van der Waals surface area contributed by atoms with Gasteiger partial charge in [0.2, 0.25) is 5.91 Å². The molecule has 6 heteroatoms. The Kier molecular flexibility index (Phi) is 5.49. The molecule has 2 N–H and O–H groups in total.